The van der Waals surface area contributed by atoms with Gasteiger partial charge < -0.3 is 10.4 Å². The third-order valence-corrected chi connectivity index (χ3v) is 3.13. The molecule has 1 saturated heterocycles. The molecule has 0 spiro atoms. The molecule has 2 atom stereocenters. The summed E-state index contributed by atoms with van der Waals surface area (Å²) in [6.07, 6.45) is 2.61. The average Bonchev–Trinajstić information content (AvgIpc) is 2.70. The summed E-state index contributed by atoms with van der Waals surface area (Å²) in [5, 5.41) is 14.0. The molecule has 0 bridgehead atoms. The summed E-state index contributed by atoms with van der Waals surface area (Å²) in [7, 11) is 0. The Bertz CT molecular complexity index is 323. The van der Waals surface area contributed by atoms with Crippen LogP contribution in [0.15, 0.2) is 24.3 Å². The Morgan fingerprint density at radius 2 is 2.40 bits per heavy atom. The van der Waals surface area contributed by atoms with Crippen molar-refractivity contribution in [2.24, 2.45) is 0 Å². The number of benzene rings is 1. The molecule has 1 aliphatic heterocycles. The second-order valence-corrected chi connectivity index (χ2v) is 4.54. The van der Waals surface area contributed by atoms with Gasteiger partial charge >= 0.3 is 0 Å². The number of nitrogens with one attached hydrogen (secondary N) is 1. The molecular weight excluding hydrogens is 210 g/mol. The molecule has 0 aromatic heterocycles. The van der Waals surface area contributed by atoms with Crippen LogP contribution in [-0.2, 0) is 6.42 Å². The molecule has 1 heterocycles. The lowest BCUT2D eigenvalue weighted by Crippen LogP contribution is -2.36. The fourth-order valence-electron chi connectivity index (χ4n) is 2.09. The fraction of sp³-hybridized carbons (Fsp3) is 0.500. The lowest BCUT2D eigenvalue weighted by atomic mass is 10.0. The standard InChI is InChI=1S/C12H16ClNO/c13-10-4-1-3-9(7-10)8-12(15)11-5-2-6-14-11/h1,3-4,7,11-12,14-15H,2,5-6,8H2. The van der Waals surface area contributed by atoms with E-state index in [4.69, 9.17) is 11.6 Å². The lowest BCUT2D eigenvalue weighted by Gasteiger charge is -2.18. The summed E-state index contributed by atoms with van der Waals surface area (Å²) in [6.45, 7) is 1.03. The molecule has 1 aromatic rings. The monoisotopic (exact) mass is 225 g/mol. The molecule has 1 fully saturated rings. The number of aliphatic hydroxyl groups is 1. The molecule has 15 heavy (non-hydrogen) atoms. The van der Waals surface area contributed by atoms with Crippen molar-refractivity contribution in [3.8, 4) is 0 Å². The van der Waals surface area contributed by atoms with Gasteiger partial charge in [0, 0.05) is 11.1 Å². The fourth-order valence-corrected chi connectivity index (χ4v) is 2.30. The average molecular weight is 226 g/mol. The van der Waals surface area contributed by atoms with Gasteiger partial charge in [0.2, 0.25) is 0 Å². The maximum absolute atomic E-state index is 9.99. The topological polar surface area (TPSA) is 32.3 Å². The van der Waals surface area contributed by atoms with Crippen molar-refractivity contribution >= 4 is 11.6 Å². The van der Waals surface area contributed by atoms with Crippen molar-refractivity contribution in [3.63, 3.8) is 0 Å². The Balaban J connectivity index is 1.95. The molecule has 2 unspecified atom stereocenters. The van der Waals surface area contributed by atoms with E-state index in [0.717, 1.165) is 30.0 Å². The van der Waals surface area contributed by atoms with Gasteiger partial charge in [-0.15, -0.1) is 0 Å². The summed E-state index contributed by atoms with van der Waals surface area (Å²) < 4.78 is 0. The molecule has 82 valence electrons. The predicted octanol–water partition coefficient (Wildman–Crippen LogP) is 2.00. The summed E-state index contributed by atoms with van der Waals surface area (Å²) >= 11 is 5.89. The summed E-state index contributed by atoms with van der Waals surface area (Å²) in [4.78, 5) is 0. The highest BCUT2D eigenvalue weighted by Gasteiger charge is 2.22. The van der Waals surface area contributed by atoms with E-state index in [-0.39, 0.29) is 12.1 Å². The van der Waals surface area contributed by atoms with Crippen LogP contribution in [0, 0.1) is 0 Å². The summed E-state index contributed by atoms with van der Waals surface area (Å²) in [6, 6.07) is 7.95. The van der Waals surface area contributed by atoms with Gasteiger partial charge in [-0.3, -0.25) is 0 Å². The van der Waals surface area contributed by atoms with E-state index in [1.54, 1.807) is 0 Å². The Morgan fingerprint density at radius 3 is 3.07 bits per heavy atom. The third kappa shape index (κ3) is 2.94. The quantitative estimate of drug-likeness (QED) is 0.825. The zero-order valence-electron chi connectivity index (χ0n) is 8.62. The van der Waals surface area contributed by atoms with Gasteiger partial charge in [0.15, 0.2) is 0 Å². The van der Waals surface area contributed by atoms with Gasteiger partial charge in [0.1, 0.15) is 0 Å². The number of hydrogen-bond acceptors (Lipinski definition) is 2. The number of halogens is 1. The molecule has 0 radical (unpaired) electrons. The van der Waals surface area contributed by atoms with E-state index in [2.05, 4.69) is 5.32 Å². The van der Waals surface area contributed by atoms with Gasteiger partial charge in [-0.1, -0.05) is 23.7 Å². The maximum Gasteiger partial charge on any atom is 0.0733 e. The van der Waals surface area contributed by atoms with Crippen molar-refractivity contribution in [1.82, 2.24) is 5.32 Å². The normalized spacial score (nSPS) is 22.9. The van der Waals surface area contributed by atoms with Gasteiger partial charge in [0.25, 0.3) is 0 Å². The molecule has 0 aliphatic carbocycles. The largest absolute Gasteiger partial charge is 0.391 e. The van der Waals surface area contributed by atoms with Crippen molar-refractivity contribution in [2.75, 3.05) is 6.54 Å². The lowest BCUT2D eigenvalue weighted by molar-refractivity contribution is 0.136. The molecule has 2 nitrogen and oxygen atoms in total. The Morgan fingerprint density at radius 1 is 1.53 bits per heavy atom. The van der Waals surface area contributed by atoms with Gasteiger partial charge in [0.05, 0.1) is 6.10 Å². The zero-order valence-corrected chi connectivity index (χ0v) is 9.37. The van der Waals surface area contributed by atoms with E-state index in [1.165, 1.54) is 0 Å². The van der Waals surface area contributed by atoms with Crippen LogP contribution in [0.25, 0.3) is 0 Å². The molecule has 0 amide bonds. The number of hydrogen-bond donors (Lipinski definition) is 2. The first-order chi connectivity index (χ1) is 7.25. The highest BCUT2D eigenvalue weighted by Crippen LogP contribution is 2.16. The van der Waals surface area contributed by atoms with E-state index < -0.39 is 0 Å². The van der Waals surface area contributed by atoms with Crippen molar-refractivity contribution in [2.45, 2.75) is 31.4 Å². The van der Waals surface area contributed by atoms with Crippen LogP contribution in [0.1, 0.15) is 18.4 Å². The van der Waals surface area contributed by atoms with Crippen LogP contribution in [0.2, 0.25) is 5.02 Å². The smallest absolute Gasteiger partial charge is 0.0733 e. The summed E-state index contributed by atoms with van der Waals surface area (Å²) in [5.74, 6) is 0. The van der Waals surface area contributed by atoms with E-state index in [9.17, 15) is 5.11 Å². The molecule has 2 rings (SSSR count). The molecule has 2 N–H and O–H groups in total. The first-order valence-electron chi connectivity index (χ1n) is 5.41. The van der Waals surface area contributed by atoms with E-state index in [1.807, 2.05) is 24.3 Å². The van der Waals surface area contributed by atoms with Gasteiger partial charge in [-0.2, -0.15) is 0 Å². The Kier molecular flexibility index (Phi) is 3.62. The van der Waals surface area contributed by atoms with Gasteiger partial charge in [-0.05, 0) is 43.5 Å². The van der Waals surface area contributed by atoms with Crippen molar-refractivity contribution in [3.05, 3.63) is 34.9 Å². The van der Waals surface area contributed by atoms with Crippen LogP contribution in [0.5, 0.6) is 0 Å². The second kappa shape index (κ2) is 4.97. The highest BCUT2D eigenvalue weighted by molar-refractivity contribution is 6.30. The number of aliphatic hydroxyl groups excluding tert-OH is 1. The van der Waals surface area contributed by atoms with Crippen LogP contribution in [0.3, 0.4) is 0 Å². The first kappa shape index (κ1) is 10.9. The van der Waals surface area contributed by atoms with Crippen molar-refractivity contribution in [1.29, 1.82) is 0 Å². The molecule has 3 heteroatoms. The minimum absolute atomic E-state index is 0.254. The predicted molar refractivity (Wildman–Crippen MR) is 62.2 cm³/mol. The SMILES string of the molecule is OC(Cc1cccc(Cl)c1)C1CCCN1. The maximum atomic E-state index is 9.99. The third-order valence-electron chi connectivity index (χ3n) is 2.90. The first-order valence-corrected chi connectivity index (χ1v) is 5.79. The Hall–Kier alpha value is -0.570. The number of rotatable bonds is 3. The molecule has 1 aliphatic rings. The minimum atomic E-state index is -0.300. The zero-order chi connectivity index (χ0) is 10.7. The van der Waals surface area contributed by atoms with Crippen molar-refractivity contribution < 1.29 is 5.11 Å². The Labute approximate surface area is 95.3 Å². The van der Waals surface area contributed by atoms with Crippen LogP contribution in [0.4, 0.5) is 0 Å². The minimum Gasteiger partial charge on any atom is -0.391 e. The van der Waals surface area contributed by atoms with E-state index >= 15 is 0 Å². The van der Waals surface area contributed by atoms with Crippen LogP contribution < -0.4 is 5.32 Å². The molecular formula is C12H16ClNO. The van der Waals surface area contributed by atoms with Gasteiger partial charge in [-0.25, -0.2) is 0 Å². The molecule has 0 saturated carbocycles. The van der Waals surface area contributed by atoms with Crippen LogP contribution in [-0.4, -0.2) is 23.8 Å². The molecule has 1 aromatic carbocycles. The van der Waals surface area contributed by atoms with E-state index in [0.29, 0.717) is 6.42 Å². The summed E-state index contributed by atoms with van der Waals surface area (Å²) in [5.41, 5.74) is 1.10. The van der Waals surface area contributed by atoms with Crippen LogP contribution >= 0.6 is 11.6 Å². The second-order valence-electron chi connectivity index (χ2n) is 4.10. The highest BCUT2D eigenvalue weighted by atomic mass is 35.5.